The van der Waals surface area contributed by atoms with E-state index in [0.717, 1.165) is 25.7 Å². The summed E-state index contributed by atoms with van der Waals surface area (Å²) in [4.78, 5) is 23.5. The Morgan fingerprint density at radius 1 is 0.719 bits per heavy atom. The fourth-order valence-corrected chi connectivity index (χ4v) is 4.58. The normalized spacial score (nSPS) is 15.3. The van der Waals surface area contributed by atoms with E-state index in [-0.39, 0.29) is 6.10 Å². The smallest absolute Gasteiger partial charge is 0.331 e. The minimum absolute atomic E-state index is 0.0778. The van der Waals surface area contributed by atoms with Gasteiger partial charge in [-0.25, -0.2) is 9.59 Å². The van der Waals surface area contributed by atoms with Gasteiger partial charge in [-0.1, -0.05) is 110 Å². The van der Waals surface area contributed by atoms with Gasteiger partial charge in [0.15, 0.2) is 0 Å². The first-order valence-electron chi connectivity index (χ1n) is 13.7. The van der Waals surface area contributed by atoms with Crippen molar-refractivity contribution in [2.45, 2.75) is 142 Å². The predicted molar refractivity (Wildman–Crippen MR) is 133 cm³/mol. The van der Waals surface area contributed by atoms with Crippen molar-refractivity contribution < 1.29 is 19.1 Å². The lowest BCUT2D eigenvalue weighted by Gasteiger charge is -2.18. The van der Waals surface area contributed by atoms with E-state index in [4.69, 9.17) is 9.47 Å². The van der Waals surface area contributed by atoms with Crippen LogP contribution in [0, 0.1) is 5.92 Å². The highest BCUT2D eigenvalue weighted by atomic mass is 16.5. The van der Waals surface area contributed by atoms with E-state index in [0.29, 0.717) is 12.5 Å². The molecule has 4 heteroatoms. The largest absolute Gasteiger partial charge is 0.463 e. The maximum atomic E-state index is 11.8. The number of rotatable bonds is 20. The van der Waals surface area contributed by atoms with Crippen molar-refractivity contribution in [3.8, 4) is 0 Å². The highest BCUT2D eigenvalue weighted by Gasteiger charge is 2.23. The maximum Gasteiger partial charge on any atom is 0.331 e. The van der Waals surface area contributed by atoms with E-state index in [2.05, 4.69) is 6.92 Å². The number of unbranched alkanes of at least 4 members (excludes halogenated alkanes) is 14. The van der Waals surface area contributed by atoms with Crippen molar-refractivity contribution in [3.63, 3.8) is 0 Å². The van der Waals surface area contributed by atoms with E-state index < -0.39 is 11.9 Å². The molecule has 1 fully saturated rings. The summed E-state index contributed by atoms with van der Waals surface area (Å²) < 4.78 is 10.6. The third kappa shape index (κ3) is 16.3. The first kappa shape index (κ1) is 28.7. The lowest BCUT2D eigenvalue weighted by atomic mass is 10.0. The van der Waals surface area contributed by atoms with E-state index in [1.165, 1.54) is 108 Å². The first-order chi connectivity index (χ1) is 15.6. The molecular formula is C28H50O4. The van der Waals surface area contributed by atoms with Crippen LogP contribution < -0.4 is 0 Å². The summed E-state index contributed by atoms with van der Waals surface area (Å²) in [5, 5.41) is 0. The highest BCUT2D eigenvalue weighted by Crippen LogP contribution is 2.29. The van der Waals surface area contributed by atoms with Crippen LogP contribution >= 0.6 is 0 Å². The molecule has 32 heavy (non-hydrogen) atoms. The SMILES string of the molecule is CCCCCCCCCCCCCCCCCOC(=O)/C=C/C(=O)OC(C)C1CCCC1. The lowest BCUT2D eigenvalue weighted by Crippen LogP contribution is -2.21. The molecule has 1 rings (SSSR count). The number of ether oxygens (including phenoxy) is 2. The molecule has 0 aliphatic heterocycles. The number of hydrogen-bond acceptors (Lipinski definition) is 4. The van der Waals surface area contributed by atoms with Gasteiger partial charge in [0.25, 0.3) is 0 Å². The van der Waals surface area contributed by atoms with Gasteiger partial charge in [0.05, 0.1) is 6.61 Å². The first-order valence-corrected chi connectivity index (χ1v) is 13.7. The van der Waals surface area contributed by atoms with Crippen molar-refractivity contribution in [1.82, 2.24) is 0 Å². The van der Waals surface area contributed by atoms with E-state index in [9.17, 15) is 9.59 Å². The number of esters is 2. The minimum Gasteiger partial charge on any atom is -0.463 e. The Labute approximate surface area is 197 Å². The molecule has 0 bridgehead atoms. The maximum absolute atomic E-state index is 11.8. The molecule has 0 aromatic carbocycles. The van der Waals surface area contributed by atoms with Gasteiger partial charge in [-0.2, -0.15) is 0 Å². The quantitative estimate of drug-likeness (QED) is 0.107. The number of hydrogen-bond donors (Lipinski definition) is 0. The Bertz CT molecular complexity index is 494. The third-order valence-corrected chi connectivity index (χ3v) is 6.71. The van der Waals surface area contributed by atoms with Crippen molar-refractivity contribution in [2.24, 2.45) is 5.92 Å². The fraction of sp³-hybridized carbons (Fsp3) is 0.857. The predicted octanol–water partition coefficient (Wildman–Crippen LogP) is 8.08. The molecule has 1 atom stereocenters. The second kappa shape index (κ2) is 20.3. The van der Waals surface area contributed by atoms with Gasteiger partial charge in [0.2, 0.25) is 0 Å². The molecule has 4 nitrogen and oxygen atoms in total. The van der Waals surface area contributed by atoms with Gasteiger partial charge in [-0.15, -0.1) is 0 Å². The van der Waals surface area contributed by atoms with Gasteiger partial charge in [-0.3, -0.25) is 0 Å². The van der Waals surface area contributed by atoms with Crippen LogP contribution in [0.5, 0.6) is 0 Å². The fourth-order valence-electron chi connectivity index (χ4n) is 4.58. The van der Waals surface area contributed by atoms with Gasteiger partial charge < -0.3 is 9.47 Å². The topological polar surface area (TPSA) is 52.6 Å². The summed E-state index contributed by atoms with van der Waals surface area (Å²) in [7, 11) is 0. The van der Waals surface area contributed by atoms with Gasteiger partial charge >= 0.3 is 11.9 Å². The van der Waals surface area contributed by atoms with Crippen LogP contribution in [0.3, 0.4) is 0 Å². The minimum atomic E-state index is -0.458. The molecule has 1 aliphatic rings. The standard InChI is InChI=1S/C28H50O4/c1-3-4-5-6-7-8-9-10-11-12-13-14-15-16-19-24-31-27(29)22-23-28(30)32-25(2)26-20-17-18-21-26/h22-23,25-26H,3-21,24H2,1-2H3/b23-22+. The second-order valence-electron chi connectivity index (χ2n) is 9.64. The summed E-state index contributed by atoms with van der Waals surface area (Å²) in [6, 6.07) is 0. The van der Waals surface area contributed by atoms with Crippen LogP contribution in [-0.2, 0) is 19.1 Å². The van der Waals surface area contributed by atoms with Gasteiger partial charge in [0, 0.05) is 12.2 Å². The molecular weight excluding hydrogens is 400 g/mol. The summed E-state index contributed by atoms with van der Waals surface area (Å²) in [6.45, 7) is 4.64. The van der Waals surface area contributed by atoms with Crippen LogP contribution in [0.2, 0.25) is 0 Å². The van der Waals surface area contributed by atoms with E-state index in [1.807, 2.05) is 6.92 Å². The Balaban J connectivity index is 1.84. The average Bonchev–Trinajstić information content (AvgIpc) is 3.32. The van der Waals surface area contributed by atoms with Crippen LogP contribution in [0.4, 0.5) is 0 Å². The molecule has 1 unspecified atom stereocenters. The second-order valence-corrected chi connectivity index (χ2v) is 9.64. The number of carbonyl (C=O) groups excluding carboxylic acids is 2. The summed E-state index contributed by atoms with van der Waals surface area (Å²) in [5.41, 5.74) is 0. The monoisotopic (exact) mass is 450 g/mol. The summed E-state index contributed by atoms with van der Waals surface area (Å²) in [5.74, 6) is -0.446. The summed E-state index contributed by atoms with van der Waals surface area (Å²) >= 11 is 0. The molecule has 0 aromatic heterocycles. The van der Waals surface area contributed by atoms with Crippen molar-refractivity contribution in [3.05, 3.63) is 12.2 Å². The van der Waals surface area contributed by atoms with Crippen LogP contribution in [0.1, 0.15) is 136 Å². The average molecular weight is 451 g/mol. The molecule has 1 aliphatic carbocycles. The van der Waals surface area contributed by atoms with Gasteiger partial charge in [-0.05, 0) is 32.1 Å². The molecule has 0 spiro atoms. The van der Waals surface area contributed by atoms with Crippen LogP contribution in [0.25, 0.3) is 0 Å². The third-order valence-electron chi connectivity index (χ3n) is 6.71. The van der Waals surface area contributed by atoms with E-state index in [1.54, 1.807) is 0 Å². The highest BCUT2D eigenvalue weighted by molar-refractivity contribution is 5.91. The zero-order valence-corrected chi connectivity index (χ0v) is 21.1. The van der Waals surface area contributed by atoms with Crippen LogP contribution in [0.15, 0.2) is 12.2 Å². The zero-order chi connectivity index (χ0) is 23.3. The molecule has 0 aromatic rings. The molecule has 0 radical (unpaired) electrons. The molecule has 0 saturated heterocycles. The number of carbonyl (C=O) groups is 2. The Hall–Kier alpha value is -1.32. The molecule has 186 valence electrons. The van der Waals surface area contributed by atoms with E-state index >= 15 is 0 Å². The lowest BCUT2D eigenvalue weighted by molar-refractivity contribution is -0.145. The molecule has 1 saturated carbocycles. The Morgan fingerprint density at radius 3 is 1.66 bits per heavy atom. The molecule has 0 heterocycles. The molecule has 0 N–H and O–H groups in total. The Kier molecular flexibility index (Phi) is 18.2. The van der Waals surface area contributed by atoms with Crippen molar-refractivity contribution in [2.75, 3.05) is 6.61 Å². The van der Waals surface area contributed by atoms with Crippen molar-refractivity contribution in [1.29, 1.82) is 0 Å². The van der Waals surface area contributed by atoms with Gasteiger partial charge in [0.1, 0.15) is 6.10 Å². The molecule has 0 amide bonds. The van der Waals surface area contributed by atoms with Crippen LogP contribution in [-0.4, -0.2) is 24.6 Å². The zero-order valence-electron chi connectivity index (χ0n) is 21.1. The Morgan fingerprint density at radius 2 is 1.16 bits per heavy atom. The summed E-state index contributed by atoms with van der Waals surface area (Å²) in [6.07, 6.45) is 26.7. The van der Waals surface area contributed by atoms with Crippen molar-refractivity contribution >= 4 is 11.9 Å².